The number of ketones is 1. The van der Waals surface area contributed by atoms with Gasteiger partial charge < -0.3 is 0 Å². The molecule has 4 nitrogen and oxygen atoms in total. The Balaban J connectivity index is 2.32. The normalized spacial score (nSPS) is 15.1. The molecule has 0 aromatic carbocycles. The molecular weight excluding hydrogens is 194 g/mol. The van der Waals surface area contributed by atoms with Gasteiger partial charge in [0.1, 0.15) is 0 Å². The first-order valence-corrected chi connectivity index (χ1v) is 5.20. The molecule has 0 radical (unpaired) electrons. The third kappa shape index (κ3) is 3.31. The molecule has 0 bridgehead atoms. The zero-order valence-electron chi connectivity index (χ0n) is 8.86. The average Bonchev–Trinajstić information content (AvgIpc) is 2.50. The van der Waals surface area contributed by atoms with Crippen LogP contribution in [0.25, 0.3) is 0 Å². The number of carbonyl (C=O) groups is 3. The summed E-state index contributed by atoms with van der Waals surface area (Å²) in [6.45, 7) is 1.98. The van der Waals surface area contributed by atoms with Crippen molar-refractivity contribution in [2.75, 3.05) is 6.54 Å². The van der Waals surface area contributed by atoms with Gasteiger partial charge in [0.25, 0.3) is 11.8 Å². The molecule has 2 amide bonds. The predicted octanol–water partition coefficient (Wildman–Crippen LogP) is 1.06. The van der Waals surface area contributed by atoms with Crippen LogP contribution in [0.4, 0.5) is 0 Å². The Kier molecular flexibility index (Phi) is 4.21. The number of hydrogen-bond donors (Lipinski definition) is 0. The molecule has 0 fully saturated rings. The fraction of sp³-hybridized carbons (Fsp3) is 0.545. The molecule has 15 heavy (non-hydrogen) atoms. The fourth-order valence-corrected chi connectivity index (χ4v) is 1.41. The Hall–Kier alpha value is -1.45. The van der Waals surface area contributed by atoms with E-state index in [0.717, 1.165) is 24.2 Å². The van der Waals surface area contributed by atoms with E-state index in [1.807, 2.05) is 0 Å². The van der Waals surface area contributed by atoms with Crippen molar-refractivity contribution in [1.29, 1.82) is 0 Å². The number of Topliss-reactive ketones (excluding diaryl/α,β-unsaturated/α-hetero) is 1. The smallest absolute Gasteiger partial charge is 0.254 e. The molecule has 0 spiro atoms. The van der Waals surface area contributed by atoms with Crippen molar-refractivity contribution in [3.8, 4) is 0 Å². The lowest BCUT2D eigenvalue weighted by molar-refractivity contribution is -0.140. The molecule has 82 valence electrons. The van der Waals surface area contributed by atoms with Crippen molar-refractivity contribution < 1.29 is 14.4 Å². The van der Waals surface area contributed by atoms with Crippen molar-refractivity contribution in [3.63, 3.8) is 0 Å². The highest BCUT2D eigenvalue weighted by Gasteiger charge is 2.24. The van der Waals surface area contributed by atoms with E-state index in [9.17, 15) is 14.4 Å². The molecule has 0 atom stereocenters. The summed E-state index contributed by atoms with van der Waals surface area (Å²) in [5.74, 6) is -0.818. The van der Waals surface area contributed by atoms with Gasteiger partial charge in [0.2, 0.25) is 0 Å². The molecule has 1 aliphatic heterocycles. The maximum absolute atomic E-state index is 11.4. The van der Waals surface area contributed by atoms with Crippen LogP contribution in [-0.2, 0) is 14.4 Å². The van der Waals surface area contributed by atoms with Crippen LogP contribution < -0.4 is 0 Å². The van der Waals surface area contributed by atoms with Crippen LogP contribution in [0.2, 0.25) is 0 Å². The molecule has 0 aromatic rings. The molecule has 0 unspecified atom stereocenters. The van der Waals surface area contributed by atoms with Gasteiger partial charge in [0, 0.05) is 18.6 Å². The summed E-state index contributed by atoms with van der Waals surface area (Å²) in [6.07, 6.45) is 5.73. The minimum absolute atomic E-state index is 0.0474. The van der Waals surface area contributed by atoms with Gasteiger partial charge in [-0.1, -0.05) is 19.8 Å². The van der Waals surface area contributed by atoms with E-state index in [1.54, 1.807) is 0 Å². The second kappa shape index (κ2) is 5.44. The highest BCUT2D eigenvalue weighted by Crippen LogP contribution is 2.06. The Morgan fingerprint density at radius 2 is 1.80 bits per heavy atom. The Morgan fingerprint density at radius 3 is 2.33 bits per heavy atom. The number of amides is 2. The van der Waals surface area contributed by atoms with E-state index in [-0.39, 0.29) is 24.1 Å². The van der Waals surface area contributed by atoms with E-state index in [2.05, 4.69) is 6.92 Å². The molecule has 1 heterocycles. The quantitative estimate of drug-likeness (QED) is 0.485. The first-order valence-electron chi connectivity index (χ1n) is 5.20. The molecule has 1 aliphatic rings. The first kappa shape index (κ1) is 11.6. The molecule has 1 rings (SSSR count). The lowest BCUT2D eigenvalue weighted by Crippen LogP contribution is -2.34. The molecular formula is C11H15NO3. The Labute approximate surface area is 88.9 Å². The number of hydrogen-bond acceptors (Lipinski definition) is 3. The van der Waals surface area contributed by atoms with E-state index in [0.29, 0.717) is 6.42 Å². The van der Waals surface area contributed by atoms with Gasteiger partial charge in [0.05, 0.1) is 6.54 Å². The van der Waals surface area contributed by atoms with Crippen LogP contribution in [0.15, 0.2) is 12.2 Å². The summed E-state index contributed by atoms with van der Waals surface area (Å²) in [5.41, 5.74) is 0. The highest BCUT2D eigenvalue weighted by molar-refractivity contribution is 6.14. The topological polar surface area (TPSA) is 54.5 Å². The number of nitrogens with zero attached hydrogens (tertiary/aromatic N) is 1. The number of rotatable bonds is 6. The second-order valence-corrected chi connectivity index (χ2v) is 3.59. The lowest BCUT2D eigenvalue weighted by Gasteiger charge is -2.12. The number of carbonyl (C=O) groups excluding carboxylic acids is 3. The number of imide groups is 1. The van der Waals surface area contributed by atoms with Crippen LogP contribution in [0.1, 0.15) is 32.6 Å². The predicted molar refractivity (Wildman–Crippen MR) is 55.0 cm³/mol. The summed E-state index contributed by atoms with van der Waals surface area (Å²) in [6, 6.07) is 0. The van der Waals surface area contributed by atoms with Gasteiger partial charge in [-0.3, -0.25) is 19.3 Å². The Bertz CT molecular complexity index is 289. The third-order valence-electron chi connectivity index (χ3n) is 2.29. The SMILES string of the molecule is CCCCCC(=O)CN1C(=O)C=CC1=O. The first-order chi connectivity index (χ1) is 7.15. The van der Waals surface area contributed by atoms with E-state index < -0.39 is 0 Å². The van der Waals surface area contributed by atoms with Crippen LogP contribution >= 0.6 is 0 Å². The summed E-state index contributed by atoms with van der Waals surface area (Å²) < 4.78 is 0. The van der Waals surface area contributed by atoms with Crippen LogP contribution in [0.5, 0.6) is 0 Å². The van der Waals surface area contributed by atoms with Crippen molar-refractivity contribution in [3.05, 3.63) is 12.2 Å². The van der Waals surface area contributed by atoms with Gasteiger partial charge in [-0.15, -0.1) is 0 Å². The molecule has 0 N–H and O–H groups in total. The standard InChI is InChI=1S/C11H15NO3/c1-2-3-4-5-9(13)8-12-10(14)6-7-11(12)15/h6-7H,2-5,8H2,1H3. The zero-order valence-corrected chi connectivity index (χ0v) is 8.86. The third-order valence-corrected chi connectivity index (χ3v) is 2.29. The van der Waals surface area contributed by atoms with E-state index in [1.165, 1.54) is 12.2 Å². The summed E-state index contributed by atoms with van der Waals surface area (Å²) >= 11 is 0. The molecule has 0 aliphatic carbocycles. The summed E-state index contributed by atoms with van der Waals surface area (Å²) in [7, 11) is 0. The highest BCUT2D eigenvalue weighted by atomic mass is 16.2. The van der Waals surface area contributed by atoms with Crippen LogP contribution in [-0.4, -0.2) is 29.0 Å². The van der Waals surface area contributed by atoms with E-state index in [4.69, 9.17) is 0 Å². The van der Waals surface area contributed by atoms with Gasteiger partial charge in [-0.25, -0.2) is 0 Å². The monoisotopic (exact) mass is 209 g/mol. The van der Waals surface area contributed by atoms with Gasteiger partial charge >= 0.3 is 0 Å². The van der Waals surface area contributed by atoms with Crippen molar-refractivity contribution in [2.45, 2.75) is 32.6 Å². The minimum Gasteiger partial charge on any atom is -0.298 e. The average molecular weight is 209 g/mol. The fourth-order valence-electron chi connectivity index (χ4n) is 1.41. The van der Waals surface area contributed by atoms with Crippen molar-refractivity contribution in [2.24, 2.45) is 0 Å². The zero-order chi connectivity index (χ0) is 11.3. The van der Waals surface area contributed by atoms with Crippen molar-refractivity contribution in [1.82, 2.24) is 4.90 Å². The summed E-state index contributed by atoms with van der Waals surface area (Å²) in [4.78, 5) is 34.6. The second-order valence-electron chi connectivity index (χ2n) is 3.59. The Morgan fingerprint density at radius 1 is 1.20 bits per heavy atom. The van der Waals surface area contributed by atoms with Crippen LogP contribution in [0.3, 0.4) is 0 Å². The maximum Gasteiger partial charge on any atom is 0.254 e. The van der Waals surface area contributed by atoms with Gasteiger partial charge in [-0.2, -0.15) is 0 Å². The summed E-state index contributed by atoms with van der Waals surface area (Å²) in [5, 5.41) is 0. The molecule has 0 saturated heterocycles. The van der Waals surface area contributed by atoms with Crippen molar-refractivity contribution >= 4 is 17.6 Å². The lowest BCUT2D eigenvalue weighted by atomic mass is 10.1. The molecule has 0 saturated carbocycles. The van der Waals surface area contributed by atoms with E-state index >= 15 is 0 Å². The number of unbranched alkanes of at least 4 members (excludes halogenated alkanes) is 2. The molecule has 0 aromatic heterocycles. The molecule has 4 heteroatoms. The largest absolute Gasteiger partial charge is 0.298 e. The van der Waals surface area contributed by atoms with Crippen LogP contribution in [0, 0.1) is 0 Å². The maximum atomic E-state index is 11.4. The van der Waals surface area contributed by atoms with Gasteiger partial charge in [-0.05, 0) is 6.42 Å². The minimum atomic E-state index is -0.385. The van der Waals surface area contributed by atoms with Gasteiger partial charge in [0.15, 0.2) is 5.78 Å².